The van der Waals surface area contributed by atoms with Crippen LogP contribution in [0.5, 0.6) is 0 Å². The molecule has 0 atom stereocenters. The van der Waals surface area contributed by atoms with E-state index in [1.165, 1.54) is 5.56 Å². The molecule has 0 aliphatic carbocycles. The van der Waals surface area contributed by atoms with Crippen LogP contribution in [-0.2, 0) is 23.3 Å². The summed E-state index contributed by atoms with van der Waals surface area (Å²) in [6, 6.07) is 17.8. The zero-order valence-corrected chi connectivity index (χ0v) is 16.4. The van der Waals surface area contributed by atoms with Gasteiger partial charge in [0.05, 0.1) is 5.54 Å². The molecule has 0 fully saturated rings. The lowest BCUT2D eigenvalue weighted by Gasteiger charge is -2.27. The second-order valence-corrected chi connectivity index (χ2v) is 7.57. The van der Waals surface area contributed by atoms with Crippen LogP contribution in [0.4, 0.5) is 0 Å². The van der Waals surface area contributed by atoms with Gasteiger partial charge in [-0.3, -0.25) is 4.79 Å². The fraction of sp³-hybridized carbons (Fsp3) is 0.273. The lowest BCUT2D eigenvalue weighted by molar-refractivity contribution is -0.122. The zero-order valence-electron chi connectivity index (χ0n) is 15.7. The van der Waals surface area contributed by atoms with Crippen molar-refractivity contribution in [2.45, 2.75) is 38.8 Å². The quantitative estimate of drug-likeness (QED) is 0.651. The molecule has 3 rings (SSSR count). The van der Waals surface area contributed by atoms with Gasteiger partial charge < -0.3 is 9.88 Å². The van der Waals surface area contributed by atoms with Crippen molar-refractivity contribution in [1.29, 1.82) is 0 Å². The van der Waals surface area contributed by atoms with Gasteiger partial charge in [0.15, 0.2) is 0 Å². The number of hydrogen-bond donors (Lipinski definition) is 1. The number of rotatable bonds is 7. The lowest BCUT2D eigenvalue weighted by Crippen LogP contribution is -2.41. The van der Waals surface area contributed by atoms with E-state index in [-0.39, 0.29) is 5.91 Å². The highest BCUT2D eigenvalue weighted by molar-refractivity contribution is 6.30. The first-order valence-electron chi connectivity index (χ1n) is 9.05. The monoisotopic (exact) mass is 381 g/mol. The van der Waals surface area contributed by atoms with Gasteiger partial charge in [-0.05, 0) is 37.1 Å². The van der Waals surface area contributed by atoms with E-state index < -0.39 is 5.54 Å². The summed E-state index contributed by atoms with van der Waals surface area (Å²) in [5.74, 6) is 0.919. The van der Waals surface area contributed by atoms with E-state index in [9.17, 15) is 4.79 Å². The van der Waals surface area contributed by atoms with Crippen molar-refractivity contribution >= 4 is 17.5 Å². The van der Waals surface area contributed by atoms with Gasteiger partial charge in [-0.1, -0.05) is 54.1 Å². The lowest BCUT2D eigenvalue weighted by atomic mass is 9.94. The summed E-state index contributed by atoms with van der Waals surface area (Å²) >= 11 is 5.95. The number of nitrogens with zero attached hydrogens (tertiary/aromatic N) is 2. The van der Waals surface area contributed by atoms with E-state index in [2.05, 4.69) is 27.0 Å². The molecule has 0 unspecified atom stereocenters. The van der Waals surface area contributed by atoms with Crippen molar-refractivity contribution in [2.75, 3.05) is 0 Å². The predicted molar refractivity (Wildman–Crippen MR) is 109 cm³/mol. The van der Waals surface area contributed by atoms with Crippen molar-refractivity contribution in [3.05, 3.63) is 89.0 Å². The van der Waals surface area contributed by atoms with Crippen LogP contribution in [0, 0.1) is 0 Å². The Morgan fingerprint density at radius 2 is 1.81 bits per heavy atom. The van der Waals surface area contributed by atoms with E-state index >= 15 is 0 Å². The minimum absolute atomic E-state index is 0.00390. The summed E-state index contributed by atoms with van der Waals surface area (Å²) in [6.07, 6.45) is 4.73. The Hall–Kier alpha value is -2.59. The van der Waals surface area contributed by atoms with E-state index in [0.717, 1.165) is 17.9 Å². The minimum atomic E-state index is -0.457. The standard InChI is InChI=1S/C22H24ClN3O/c1-22(2,18-8-10-19(23)11-9-18)25-21(27)13-12-20-24-14-15-26(20)16-17-6-4-3-5-7-17/h3-11,14-15H,12-13,16H2,1-2H3,(H,25,27). The third-order valence-electron chi connectivity index (χ3n) is 4.59. The molecule has 27 heavy (non-hydrogen) atoms. The molecule has 2 aromatic carbocycles. The van der Waals surface area contributed by atoms with Gasteiger partial charge in [-0.25, -0.2) is 4.98 Å². The van der Waals surface area contributed by atoms with E-state index in [0.29, 0.717) is 17.9 Å². The van der Waals surface area contributed by atoms with Crippen LogP contribution in [0.3, 0.4) is 0 Å². The Morgan fingerprint density at radius 1 is 1.11 bits per heavy atom. The van der Waals surface area contributed by atoms with Crippen LogP contribution >= 0.6 is 11.6 Å². The van der Waals surface area contributed by atoms with Crippen LogP contribution in [-0.4, -0.2) is 15.5 Å². The molecule has 0 saturated heterocycles. The SMILES string of the molecule is CC(C)(NC(=O)CCc1nccn1Cc1ccccc1)c1ccc(Cl)cc1. The first-order chi connectivity index (χ1) is 12.9. The van der Waals surface area contributed by atoms with Crippen LogP contribution in [0.15, 0.2) is 67.0 Å². The first-order valence-corrected chi connectivity index (χ1v) is 9.43. The van der Waals surface area contributed by atoms with Gasteiger partial charge >= 0.3 is 0 Å². The highest BCUT2D eigenvalue weighted by Crippen LogP contribution is 2.22. The van der Waals surface area contributed by atoms with E-state index in [1.807, 2.05) is 62.5 Å². The van der Waals surface area contributed by atoms with Crippen LogP contribution in [0.25, 0.3) is 0 Å². The topological polar surface area (TPSA) is 46.9 Å². The Labute approximate surface area is 165 Å². The number of imidazole rings is 1. The number of aryl methyl sites for hydroxylation is 1. The maximum absolute atomic E-state index is 12.5. The summed E-state index contributed by atoms with van der Waals surface area (Å²) in [6.45, 7) is 4.74. The van der Waals surface area contributed by atoms with Gasteiger partial charge in [-0.15, -0.1) is 0 Å². The maximum Gasteiger partial charge on any atom is 0.221 e. The molecule has 1 aromatic heterocycles. The number of aromatic nitrogens is 2. The van der Waals surface area contributed by atoms with E-state index in [4.69, 9.17) is 11.6 Å². The Kier molecular flexibility index (Phi) is 5.97. The summed E-state index contributed by atoms with van der Waals surface area (Å²) in [5, 5.41) is 3.79. The summed E-state index contributed by atoms with van der Waals surface area (Å²) in [4.78, 5) is 16.9. The average Bonchev–Trinajstić information content (AvgIpc) is 3.08. The molecule has 1 heterocycles. The second kappa shape index (κ2) is 8.40. The number of benzene rings is 2. The van der Waals surface area contributed by atoms with Crippen molar-refractivity contribution in [1.82, 2.24) is 14.9 Å². The zero-order chi connectivity index (χ0) is 19.3. The normalized spacial score (nSPS) is 11.4. The van der Waals surface area contributed by atoms with Crippen molar-refractivity contribution in [3.8, 4) is 0 Å². The fourth-order valence-corrected chi connectivity index (χ4v) is 3.19. The highest BCUT2D eigenvalue weighted by atomic mass is 35.5. The Bertz CT molecular complexity index is 885. The summed E-state index contributed by atoms with van der Waals surface area (Å²) in [5.41, 5.74) is 1.78. The molecule has 3 aromatic rings. The van der Waals surface area contributed by atoms with E-state index in [1.54, 1.807) is 6.20 Å². The van der Waals surface area contributed by atoms with Crippen molar-refractivity contribution in [3.63, 3.8) is 0 Å². The Balaban J connectivity index is 1.58. The number of carbonyl (C=O) groups is 1. The molecule has 0 radical (unpaired) electrons. The molecular formula is C22H24ClN3O. The van der Waals surface area contributed by atoms with Crippen LogP contribution < -0.4 is 5.32 Å². The molecule has 0 saturated carbocycles. The third-order valence-corrected chi connectivity index (χ3v) is 4.84. The van der Waals surface area contributed by atoms with Gasteiger partial charge in [0.2, 0.25) is 5.91 Å². The molecule has 5 heteroatoms. The average molecular weight is 382 g/mol. The molecule has 0 spiro atoms. The number of amides is 1. The maximum atomic E-state index is 12.5. The number of nitrogens with one attached hydrogen (secondary N) is 1. The van der Waals surface area contributed by atoms with Gasteiger partial charge in [-0.2, -0.15) is 0 Å². The summed E-state index contributed by atoms with van der Waals surface area (Å²) < 4.78 is 2.09. The first kappa shape index (κ1) is 19.2. The highest BCUT2D eigenvalue weighted by Gasteiger charge is 2.22. The molecule has 0 aliphatic rings. The second-order valence-electron chi connectivity index (χ2n) is 7.14. The molecular weight excluding hydrogens is 358 g/mol. The Morgan fingerprint density at radius 3 is 2.52 bits per heavy atom. The number of hydrogen-bond acceptors (Lipinski definition) is 2. The third kappa shape index (κ3) is 5.20. The molecule has 0 bridgehead atoms. The number of carbonyl (C=O) groups excluding carboxylic acids is 1. The molecule has 4 nitrogen and oxygen atoms in total. The van der Waals surface area contributed by atoms with Crippen LogP contribution in [0.2, 0.25) is 5.02 Å². The van der Waals surface area contributed by atoms with Crippen molar-refractivity contribution in [2.24, 2.45) is 0 Å². The molecule has 0 aliphatic heterocycles. The largest absolute Gasteiger partial charge is 0.347 e. The molecule has 1 N–H and O–H groups in total. The van der Waals surface area contributed by atoms with Crippen LogP contribution in [0.1, 0.15) is 37.2 Å². The van der Waals surface area contributed by atoms with Crippen molar-refractivity contribution < 1.29 is 4.79 Å². The predicted octanol–water partition coefficient (Wildman–Crippen LogP) is 4.57. The summed E-state index contributed by atoms with van der Waals surface area (Å²) in [7, 11) is 0. The minimum Gasteiger partial charge on any atom is -0.347 e. The molecule has 140 valence electrons. The number of halogens is 1. The van der Waals surface area contributed by atoms with Gasteiger partial charge in [0.1, 0.15) is 5.82 Å². The van der Waals surface area contributed by atoms with Gasteiger partial charge in [0, 0.05) is 36.8 Å². The molecule has 1 amide bonds. The fourth-order valence-electron chi connectivity index (χ4n) is 3.07. The van der Waals surface area contributed by atoms with Gasteiger partial charge in [0.25, 0.3) is 0 Å². The smallest absolute Gasteiger partial charge is 0.221 e.